The van der Waals surface area contributed by atoms with Gasteiger partial charge in [0.15, 0.2) is 0 Å². The number of carbonyl (C=O) groups is 1. The minimum atomic E-state index is -1.15. The lowest BCUT2D eigenvalue weighted by atomic mass is 9.80. The summed E-state index contributed by atoms with van der Waals surface area (Å²) >= 11 is 0. The van der Waals surface area contributed by atoms with E-state index in [0.717, 1.165) is 17.5 Å². The molecule has 1 aromatic carbocycles. The van der Waals surface area contributed by atoms with E-state index < -0.39 is 11.5 Å². The van der Waals surface area contributed by atoms with Gasteiger partial charge in [0.2, 0.25) is 0 Å². The van der Waals surface area contributed by atoms with Crippen molar-refractivity contribution >= 4 is 5.97 Å². The molecule has 104 valence electrons. The van der Waals surface area contributed by atoms with E-state index in [4.69, 9.17) is 9.47 Å². The first-order valence-electron chi connectivity index (χ1n) is 6.54. The van der Waals surface area contributed by atoms with Gasteiger partial charge in [0.05, 0.1) is 20.1 Å². The van der Waals surface area contributed by atoms with Gasteiger partial charge >= 0.3 is 5.97 Å². The molecule has 0 bridgehead atoms. The molecule has 1 aliphatic rings. The van der Waals surface area contributed by atoms with Gasteiger partial charge in [-0.25, -0.2) is 0 Å². The highest BCUT2D eigenvalue weighted by Crippen LogP contribution is 2.45. The van der Waals surface area contributed by atoms with Crippen LogP contribution in [0.4, 0.5) is 0 Å². The number of aliphatic hydroxyl groups is 1. The summed E-state index contributed by atoms with van der Waals surface area (Å²) in [6, 6.07) is 5.66. The highest BCUT2D eigenvalue weighted by Gasteiger charge is 2.46. The van der Waals surface area contributed by atoms with E-state index in [9.17, 15) is 9.90 Å². The second kappa shape index (κ2) is 5.21. The van der Waals surface area contributed by atoms with E-state index in [1.807, 2.05) is 25.1 Å². The summed E-state index contributed by atoms with van der Waals surface area (Å²) in [5.74, 6) is -0.203. The molecular formula is C15H20O4. The molecule has 0 aromatic heterocycles. The molecule has 0 saturated heterocycles. The topological polar surface area (TPSA) is 55.8 Å². The predicted molar refractivity (Wildman–Crippen MR) is 71.0 cm³/mol. The summed E-state index contributed by atoms with van der Waals surface area (Å²) in [5.41, 5.74) is 0.723. The third-order valence-corrected chi connectivity index (χ3v) is 4.03. The van der Waals surface area contributed by atoms with Crippen molar-refractivity contribution in [1.82, 2.24) is 0 Å². The quantitative estimate of drug-likeness (QED) is 0.845. The van der Waals surface area contributed by atoms with Crippen molar-refractivity contribution in [1.29, 1.82) is 0 Å². The highest BCUT2D eigenvalue weighted by atomic mass is 16.5. The number of carbonyl (C=O) groups excluding carboxylic acids is 1. The number of rotatable bonds is 4. The van der Waals surface area contributed by atoms with Crippen LogP contribution in [-0.4, -0.2) is 25.3 Å². The first kappa shape index (κ1) is 13.9. The number of ether oxygens (including phenoxy) is 2. The van der Waals surface area contributed by atoms with E-state index in [-0.39, 0.29) is 5.97 Å². The summed E-state index contributed by atoms with van der Waals surface area (Å²) in [7, 11) is 2.95. The molecule has 2 unspecified atom stereocenters. The van der Waals surface area contributed by atoms with E-state index >= 15 is 0 Å². The summed E-state index contributed by atoms with van der Waals surface area (Å²) in [6.07, 6.45) is 1.85. The molecule has 19 heavy (non-hydrogen) atoms. The van der Waals surface area contributed by atoms with Crippen molar-refractivity contribution in [3.8, 4) is 5.75 Å². The van der Waals surface area contributed by atoms with Gasteiger partial charge in [0.25, 0.3) is 0 Å². The molecule has 0 spiro atoms. The van der Waals surface area contributed by atoms with Crippen molar-refractivity contribution in [2.24, 2.45) is 5.92 Å². The lowest BCUT2D eigenvalue weighted by molar-refractivity contribution is -0.157. The van der Waals surface area contributed by atoms with Crippen molar-refractivity contribution in [3.05, 3.63) is 29.3 Å². The monoisotopic (exact) mass is 264 g/mol. The molecule has 1 aliphatic carbocycles. The Morgan fingerprint density at radius 3 is 2.79 bits per heavy atom. The summed E-state index contributed by atoms with van der Waals surface area (Å²) < 4.78 is 10.0. The zero-order chi connectivity index (χ0) is 14.0. The molecule has 0 heterocycles. The van der Waals surface area contributed by atoms with Crippen LogP contribution in [0.3, 0.4) is 0 Å². The highest BCUT2D eigenvalue weighted by molar-refractivity contribution is 5.74. The standard InChI is InChI=1S/C15H20O4/c1-4-12(14(16)19-3)15(17)8-7-10-5-6-11(18-2)9-13(10)15/h5-6,9,12,17H,4,7-8H2,1-3H3. The van der Waals surface area contributed by atoms with Crippen molar-refractivity contribution in [2.75, 3.05) is 14.2 Å². The second-order valence-electron chi connectivity index (χ2n) is 4.93. The molecule has 0 amide bonds. The minimum Gasteiger partial charge on any atom is -0.497 e. The number of hydrogen-bond donors (Lipinski definition) is 1. The average Bonchev–Trinajstić information content (AvgIpc) is 2.77. The van der Waals surface area contributed by atoms with Crippen LogP contribution in [0.1, 0.15) is 30.9 Å². The second-order valence-corrected chi connectivity index (χ2v) is 4.93. The maximum atomic E-state index is 11.9. The van der Waals surface area contributed by atoms with Gasteiger partial charge in [-0.2, -0.15) is 0 Å². The molecule has 2 atom stereocenters. The first-order chi connectivity index (χ1) is 9.06. The maximum Gasteiger partial charge on any atom is 0.311 e. The molecule has 1 N–H and O–H groups in total. The van der Waals surface area contributed by atoms with Gasteiger partial charge in [0.1, 0.15) is 11.4 Å². The molecule has 0 fully saturated rings. The third-order valence-electron chi connectivity index (χ3n) is 4.03. The van der Waals surface area contributed by atoms with Gasteiger partial charge < -0.3 is 14.6 Å². The fourth-order valence-corrected chi connectivity index (χ4v) is 2.97. The Bertz CT molecular complexity index is 483. The van der Waals surface area contributed by atoms with E-state index in [0.29, 0.717) is 18.6 Å². The Kier molecular flexibility index (Phi) is 3.80. The number of esters is 1. The van der Waals surface area contributed by atoms with E-state index in [1.165, 1.54) is 7.11 Å². The van der Waals surface area contributed by atoms with Crippen molar-refractivity contribution < 1.29 is 19.4 Å². The van der Waals surface area contributed by atoms with Crippen LogP contribution >= 0.6 is 0 Å². The Balaban J connectivity index is 2.45. The summed E-state index contributed by atoms with van der Waals surface area (Å²) in [4.78, 5) is 11.9. The zero-order valence-corrected chi connectivity index (χ0v) is 11.6. The lowest BCUT2D eigenvalue weighted by Gasteiger charge is -2.31. The largest absolute Gasteiger partial charge is 0.497 e. The Labute approximate surface area is 113 Å². The van der Waals surface area contributed by atoms with Crippen LogP contribution in [0, 0.1) is 5.92 Å². The van der Waals surface area contributed by atoms with Crippen LogP contribution in [0.5, 0.6) is 5.75 Å². The van der Waals surface area contributed by atoms with Crippen LogP contribution in [0.15, 0.2) is 18.2 Å². The van der Waals surface area contributed by atoms with E-state index in [1.54, 1.807) is 7.11 Å². The van der Waals surface area contributed by atoms with Crippen molar-refractivity contribution in [3.63, 3.8) is 0 Å². The number of hydrogen-bond acceptors (Lipinski definition) is 4. The van der Waals surface area contributed by atoms with Crippen LogP contribution < -0.4 is 4.74 Å². The first-order valence-corrected chi connectivity index (χ1v) is 6.54. The maximum absolute atomic E-state index is 11.9. The van der Waals surface area contributed by atoms with Crippen LogP contribution in [0.25, 0.3) is 0 Å². The summed E-state index contributed by atoms with van der Waals surface area (Å²) in [6.45, 7) is 1.89. The molecule has 0 saturated carbocycles. The predicted octanol–water partition coefficient (Wildman–Crippen LogP) is 2.03. The van der Waals surface area contributed by atoms with Gasteiger partial charge in [-0.05, 0) is 42.5 Å². The Hall–Kier alpha value is -1.55. The van der Waals surface area contributed by atoms with Crippen molar-refractivity contribution in [2.45, 2.75) is 31.8 Å². The van der Waals surface area contributed by atoms with Crippen LogP contribution in [0.2, 0.25) is 0 Å². The molecule has 1 aromatic rings. The molecule has 4 heteroatoms. The van der Waals surface area contributed by atoms with Gasteiger partial charge in [-0.15, -0.1) is 0 Å². The molecule has 0 radical (unpaired) electrons. The average molecular weight is 264 g/mol. The Morgan fingerprint density at radius 1 is 1.47 bits per heavy atom. The van der Waals surface area contributed by atoms with Gasteiger partial charge in [-0.3, -0.25) is 4.79 Å². The number of methoxy groups -OCH3 is 2. The minimum absolute atomic E-state index is 0.360. The lowest BCUT2D eigenvalue weighted by Crippen LogP contribution is -2.38. The molecule has 0 aliphatic heterocycles. The summed E-state index contributed by atoms with van der Waals surface area (Å²) in [5, 5.41) is 11.0. The Morgan fingerprint density at radius 2 is 2.21 bits per heavy atom. The molecular weight excluding hydrogens is 244 g/mol. The number of benzene rings is 1. The van der Waals surface area contributed by atoms with Gasteiger partial charge in [-0.1, -0.05) is 13.0 Å². The third kappa shape index (κ3) is 2.21. The molecule has 4 nitrogen and oxygen atoms in total. The molecule has 2 rings (SSSR count). The van der Waals surface area contributed by atoms with E-state index in [2.05, 4.69) is 0 Å². The number of aryl methyl sites for hydroxylation is 1. The smallest absolute Gasteiger partial charge is 0.311 e. The van der Waals surface area contributed by atoms with Gasteiger partial charge in [0, 0.05) is 0 Å². The van der Waals surface area contributed by atoms with Crippen LogP contribution in [-0.2, 0) is 21.6 Å². The number of fused-ring (bicyclic) bond motifs is 1. The zero-order valence-electron chi connectivity index (χ0n) is 11.6. The fourth-order valence-electron chi connectivity index (χ4n) is 2.97. The SMILES string of the molecule is CCC(C(=O)OC)C1(O)CCc2ccc(OC)cc21. The normalized spacial score (nSPS) is 22.7. The fraction of sp³-hybridized carbons (Fsp3) is 0.533.